The summed E-state index contributed by atoms with van der Waals surface area (Å²) in [6.45, 7) is 4.83. The highest BCUT2D eigenvalue weighted by molar-refractivity contribution is 5.99. The van der Waals surface area contributed by atoms with Crippen molar-refractivity contribution < 1.29 is 4.79 Å². The Hall–Kier alpha value is -3.28. The number of nitrogens with zero attached hydrogens (tertiary/aromatic N) is 4. The van der Waals surface area contributed by atoms with E-state index in [1.165, 1.54) is 0 Å². The van der Waals surface area contributed by atoms with Gasteiger partial charge >= 0.3 is 0 Å². The number of pyridine rings is 3. The Bertz CT molecular complexity index is 1070. The number of carbonyl (C=O) groups excluding carboxylic acids is 1. The molecule has 1 N–H and O–H groups in total. The molecule has 2 bridgehead atoms. The standard InChI is InChI=1S/C24H25N5O/c1-15-6-7-21(27-13-15)28-19-11-17-12-20(19)29(14-17)24(30)23-22(16(2)8-10-26-23)18-5-3-4-9-25-18/h3-10,13,17,19-20H,11-12,14H2,1-2H3,(H,27,28). The van der Waals surface area contributed by atoms with Crippen molar-refractivity contribution in [3.63, 3.8) is 0 Å². The van der Waals surface area contributed by atoms with Gasteiger partial charge in [-0.2, -0.15) is 0 Å². The Morgan fingerprint density at radius 1 is 1.03 bits per heavy atom. The van der Waals surface area contributed by atoms with Gasteiger partial charge in [0.1, 0.15) is 11.5 Å². The van der Waals surface area contributed by atoms with Crippen LogP contribution in [0.15, 0.2) is 55.0 Å². The van der Waals surface area contributed by atoms with Gasteiger partial charge in [-0.05, 0) is 68.0 Å². The number of aryl methyl sites for hydroxylation is 2. The molecule has 5 rings (SSSR count). The molecule has 1 amide bonds. The molecule has 0 spiro atoms. The summed E-state index contributed by atoms with van der Waals surface area (Å²) in [6.07, 6.45) is 7.43. The number of fused-ring (bicyclic) bond motifs is 2. The first-order chi connectivity index (χ1) is 14.6. The van der Waals surface area contributed by atoms with Gasteiger partial charge in [-0.15, -0.1) is 0 Å². The first-order valence-electron chi connectivity index (χ1n) is 10.5. The molecule has 0 aromatic carbocycles. The van der Waals surface area contributed by atoms with Crippen molar-refractivity contribution in [3.8, 4) is 11.3 Å². The quantitative estimate of drug-likeness (QED) is 0.721. The molecule has 3 atom stereocenters. The molecule has 1 aliphatic heterocycles. The predicted molar refractivity (Wildman–Crippen MR) is 116 cm³/mol. The molecule has 1 saturated heterocycles. The zero-order chi connectivity index (χ0) is 20.7. The fourth-order valence-electron chi connectivity index (χ4n) is 4.85. The van der Waals surface area contributed by atoms with E-state index < -0.39 is 0 Å². The van der Waals surface area contributed by atoms with E-state index in [2.05, 4.69) is 26.3 Å². The summed E-state index contributed by atoms with van der Waals surface area (Å²) in [5, 5.41) is 3.56. The maximum Gasteiger partial charge on any atom is 0.273 e. The van der Waals surface area contributed by atoms with Gasteiger partial charge in [0, 0.05) is 36.7 Å². The molecule has 1 aliphatic carbocycles. The van der Waals surface area contributed by atoms with Gasteiger partial charge in [-0.1, -0.05) is 12.1 Å². The number of carbonyl (C=O) groups is 1. The maximum atomic E-state index is 13.6. The molecule has 6 heteroatoms. The fraction of sp³-hybridized carbons (Fsp3) is 0.333. The first kappa shape index (κ1) is 18.7. The smallest absolute Gasteiger partial charge is 0.273 e. The number of hydrogen-bond donors (Lipinski definition) is 1. The minimum atomic E-state index is -0.00443. The second-order valence-electron chi connectivity index (χ2n) is 8.40. The van der Waals surface area contributed by atoms with Gasteiger partial charge in [0.25, 0.3) is 5.91 Å². The lowest BCUT2D eigenvalue weighted by atomic mass is 10.0. The Morgan fingerprint density at radius 2 is 1.93 bits per heavy atom. The maximum absolute atomic E-state index is 13.6. The van der Waals surface area contributed by atoms with Crippen LogP contribution in [0.4, 0.5) is 5.82 Å². The van der Waals surface area contributed by atoms with Crippen LogP contribution in [0.5, 0.6) is 0 Å². The number of nitrogens with one attached hydrogen (secondary N) is 1. The van der Waals surface area contributed by atoms with Crippen LogP contribution in [-0.2, 0) is 0 Å². The van der Waals surface area contributed by atoms with E-state index >= 15 is 0 Å². The highest BCUT2D eigenvalue weighted by Crippen LogP contribution is 2.40. The first-order valence-corrected chi connectivity index (χ1v) is 10.5. The largest absolute Gasteiger partial charge is 0.365 e. The van der Waals surface area contributed by atoms with Gasteiger partial charge in [-0.25, -0.2) is 4.98 Å². The summed E-state index contributed by atoms with van der Waals surface area (Å²) in [7, 11) is 0. The van der Waals surface area contributed by atoms with Crippen LogP contribution in [0, 0.1) is 19.8 Å². The van der Waals surface area contributed by atoms with Crippen LogP contribution < -0.4 is 5.32 Å². The zero-order valence-corrected chi connectivity index (χ0v) is 17.2. The minimum Gasteiger partial charge on any atom is -0.365 e. The molecule has 6 nitrogen and oxygen atoms in total. The van der Waals surface area contributed by atoms with Crippen LogP contribution in [0.25, 0.3) is 11.3 Å². The molecular formula is C24H25N5O. The molecular weight excluding hydrogens is 374 g/mol. The summed E-state index contributed by atoms with van der Waals surface area (Å²) in [6, 6.07) is 12.1. The van der Waals surface area contributed by atoms with E-state index in [1.807, 2.05) is 55.3 Å². The number of likely N-dealkylation sites (tertiary alicyclic amines) is 1. The van der Waals surface area contributed by atoms with Gasteiger partial charge < -0.3 is 10.2 Å². The monoisotopic (exact) mass is 399 g/mol. The average molecular weight is 399 g/mol. The summed E-state index contributed by atoms with van der Waals surface area (Å²) < 4.78 is 0. The molecule has 4 heterocycles. The van der Waals surface area contributed by atoms with Crippen LogP contribution >= 0.6 is 0 Å². The summed E-state index contributed by atoms with van der Waals surface area (Å²) in [5.74, 6) is 1.38. The van der Waals surface area contributed by atoms with Crippen molar-refractivity contribution in [2.45, 2.75) is 38.8 Å². The zero-order valence-electron chi connectivity index (χ0n) is 17.2. The van der Waals surface area contributed by atoms with Crippen LogP contribution in [0.1, 0.15) is 34.5 Å². The van der Waals surface area contributed by atoms with Crippen molar-refractivity contribution in [2.75, 3.05) is 11.9 Å². The Kier molecular flexibility index (Phi) is 4.69. The Morgan fingerprint density at radius 3 is 2.67 bits per heavy atom. The topological polar surface area (TPSA) is 71.0 Å². The van der Waals surface area contributed by atoms with Crippen LogP contribution in [0.2, 0.25) is 0 Å². The third kappa shape index (κ3) is 3.32. The third-order valence-corrected chi connectivity index (χ3v) is 6.27. The number of rotatable bonds is 4. The molecule has 3 aromatic heterocycles. The number of amides is 1. The lowest BCUT2D eigenvalue weighted by Crippen LogP contribution is -2.48. The molecule has 30 heavy (non-hydrogen) atoms. The van der Waals surface area contributed by atoms with E-state index in [0.717, 1.165) is 47.6 Å². The van der Waals surface area contributed by atoms with Crippen molar-refractivity contribution in [2.24, 2.45) is 5.92 Å². The SMILES string of the molecule is Cc1ccc(NC2CC3CC2N(C(=O)c2nccc(C)c2-c2ccccn2)C3)nc1. The average Bonchev–Trinajstić information content (AvgIpc) is 3.36. The van der Waals surface area contributed by atoms with E-state index in [0.29, 0.717) is 11.6 Å². The van der Waals surface area contributed by atoms with E-state index in [9.17, 15) is 4.79 Å². The van der Waals surface area contributed by atoms with Crippen molar-refractivity contribution >= 4 is 11.7 Å². The van der Waals surface area contributed by atoms with Crippen molar-refractivity contribution in [1.29, 1.82) is 0 Å². The second-order valence-corrected chi connectivity index (χ2v) is 8.40. The molecule has 2 fully saturated rings. The third-order valence-electron chi connectivity index (χ3n) is 6.27. The highest BCUT2D eigenvalue weighted by atomic mass is 16.2. The van der Waals surface area contributed by atoms with Gasteiger partial charge in [0.2, 0.25) is 0 Å². The van der Waals surface area contributed by atoms with Crippen LogP contribution in [0.3, 0.4) is 0 Å². The van der Waals surface area contributed by atoms with Crippen molar-refractivity contribution in [3.05, 3.63) is 71.8 Å². The molecule has 2 aliphatic rings. The van der Waals surface area contributed by atoms with Crippen LogP contribution in [-0.4, -0.2) is 44.4 Å². The van der Waals surface area contributed by atoms with E-state index in [-0.39, 0.29) is 18.0 Å². The minimum absolute atomic E-state index is 0.00443. The fourth-order valence-corrected chi connectivity index (χ4v) is 4.85. The summed E-state index contributed by atoms with van der Waals surface area (Å²) in [5.41, 5.74) is 4.26. The second kappa shape index (κ2) is 7.52. The van der Waals surface area contributed by atoms with E-state index in [4.69, 9.17) is 0 Å². The molecule has 3 aromatic rings. The normalized spacial score (nSPS) is 22.3. The lowest BCUT2D eigenvalue weighted by molar-refractivity contribution is 0.0687. The lowest BCUT2D eigenvalue weighted by Gasteiger charge is -2.34. The number of piperidine rings is 1. The number of hydrogen-bond acceptors (Lipinski definition) is 5. The predicted octanol–water partition coefficient (Wildman–Crippen LogP) is 3.87. The molecule has 1 saturated carbocycles. The van der Waals surface area contributed by atoms with E-state index in [1.54, 1.807) is 12.4 Å². The van der Waals surface area contributed by atoms with Crippen molar-refractivity contribution in [1.82, 2.24) is 19.9 Å². The van der Waals surface area contributed by atoms with Gasteiger partial charge in [0.05, 0.1) is 11.7 Å². The number of aromatic nitrogens is 3. The summed E-state index contributed by atoms with van der Waals surface area (Å²) in [4.78, 5) is 29.1. The summed E-state index contributed by atoms with van der Waals surface area (Å²) >= 11 is 0. The molecule has 3 unspecified atom stereocenters. The van der Waals surface area contributed by atoms with Gasteiger partial charge in [-0.3, -0.25) is 14.8 Å². The Labute approximate surface area is 176 Å². The van der Waals surface area contributed by atoms with Gasteiger partial charge in [0.15, 0.2) is 0 Å². The highest BCUT2D eigenvalue weighted by Gasteiger charge is 2.47. The molecule has 0 radical (unpaired) electrons. The number of anilines is 1. The Balaban J connectivity index is 1.42. The molecule has 152 valence electrons.